The first kappa shape index (κ1) is 30.7. The molecule has 1 fully saturated rings. The second-order valence-electron chi connectivity index (χ2n) is 11.6. The summed E-state index contributed by atoms with van der Waals surface area (Å²) in [7, 11) is 0. The van der Waals surface area contributed by atoms with Crippen molar-refractivity contribution in [3.05, 3.63) is 89.7 Å². The first-order valence-electron chi connectivity index (χ1n) is 14.8. The Morgan fingerprint density at radius 1 is 1.07 bits per heavy atom. The van der Waals surface area contributed by atoms with E-state index in [1.165, 1.54) is 40.8 Å². The van der Waals surface area contributed by atoms with Gasteiger partial charge in [0.05, 0.1) is 5.69 Å². The minimum Gasteiger partial charge on any atom is -0.406 e. The van der Waals surface area contributed by atoms with Crippen LogP contribution < -0.4 is 15.0 Å². The molecule has 2 aliphatic rings. The van der Waals surface area contributed by atoms with Gasteiger partial charge in [0.15, 0.2) is 11.0 Å². The van der Waals surface area contributed by atoms with Gasteiger partial charge in [0.25, 0.3) is 0 Å². The highest BCUT2D eigenvalue weighted by atomic mass is 32.2. The highest BCUT2D eigenvalue weighted by Crippen LogP contribution is 2.35. The summed E-state index contributed by atoms with van der Waals surface area (Å²) in [6.45, 7) is 6.53. The van der Waals surface area contributed by atoms with E-state index < -0.39 is 6.36 Å². The number of hydrogen-bond donors (Lipinski definition) is 1. The fourth-order valence-electron chi connectivity index (χ4n) is 5.80. The predicted octanol–water partition coefficient (Wildman–Crippen LogP) is 7.52. The molecule has 2 unspecified atom stereocenters. The Morgan fingerprint density at radius 3 is 2.58 bits per heavy atom. The maximum Gasteiger partial charge on any atom is 0.573 e. The van der Waals surface area contributed by atoms with E-state index in [4.69, 9.17) is 0 Å². The van der Waals surface area contributed by atoms with Crippen LogP contribution in [0.5, 0.6) is 5.75 Å². The van der Waals surface area contributed by atoms with Crippen molar-refractivity contribution in [2.45, 2.75) is 64.4 Å². The number of benzene rings is 3. The summed E-state index contributed by atoms with van der Waals surface area (Å²) >= 11 is 1.61. The van der Waals surface area contributed by atoms with E-state index in [0.29, 0.717) is 30.3 Å². The van der Waals surface area contributed by atoms with E-state index in [1.54, 1.807) is 11.8 Å². The normalized spacial score (nSPS) is 19.2. The van der Waals surface area contributed by atoms with E-state index in [1.807, 2.05) is 30.3 Å². The average Bonchev–Trinajstić information content (AvgIpc) is 3.64. The smallest absolute Gasteiger partial charge is 0.406 e. The van der Waals surface area contributed by atoms with Gasteiger partial charge in [-0.05, 0) is 85.2 Å². The van der Waals surface area contributed by atoms with Crippen LogP contribution in [-0.4, -0.2) is 50.2 Å². The molecule has 2 amide bonds. The minimum absolute atomic E-state index is 0.0857. The van der Waals surface area contributed by atoms with Crippen molar-refractivity contribution in [1.29, 1.82) is 0 Å². The molecule has 234 valence electrons. The van der Waals surface area contributed by atoms with Crippen LogP contribution in [-0.2, 0) is 12.8 Å². The number of carbonyl (C=O) groups excluding carboxylic acids is 1. The number of ether oxygens (including phenoxy) is 1. The maximum atomic E-state index is 13.2. The predicted molar refractivity (Wildman–Crippen MR) is 170 cm³/mol. The molecule has 1 N–H and O–H groups in total. The Balaban J connectivity index is 1.13. The summed E-state index contributed by atoms with van der Waals surface area (Å²) in [5.74, 6) is 1.43. The number of nitrogens with zero attached hydrogens (tertiary/aromatic N) is 5. The number of hydrogen-bond acceptors (Lipinski definition) is 5. The lowest BCUT2D eigenvalue weighted by molar-refractivity contribution is -0.274. The number of carbonyl (C=O) groups is 1. The lowest BCUT2D eigenvalue weighted by atomic mass is 9.99. The molecule has 2 atom stereocenters. The molecule has 3 aromatic carbocycles. The van der Waals surface area contributed by atoms with Crippen LogP contribution in [0.2, 0.25) is 0 Å². The van der Waals surface area contributed by atoms with Crippen LogP contribution in [0.1, 0.15) is 49.8 Å². The second kappa shape index (κ2) is 12.6. The third-order valence-electron chi connectivity index (χ3n) is 7.98. The van der Waals surface area contributed by atoms with Crippen molar-refractivity contribution in [1.82, 2.24) is 20.1 Å². The molecule has 0 bridgehead atoms. The van der Waals surface area contributed by atoms with Crippen LogP contribution in [0.25, 0.3) is 17.1 Å². The fraction of sp³-hybridized carbons (Fsp3) is 0.333. The van der Waals surface area contributed by atoms with E-state index in [-0.39, 0.29) is 23.9 Å². The summed E-state index contributed by atoms with van der Waals surface area (Å²) in [5.41, 5.74) is 5.93. The Hall–Kier alpha value is -4.32. The van der Waals surface area contributed by atoms with Gasteiger partial charge in [0, 0.05) is 29.1 Å². The minimum atomic E-state index is -4.75. The average molecular weight is 635 g/mol. The number of amides is 2. The molecule has 1 saturated heterocycles. The number of fused-ring (bicyclic) bond motifs is 1. The molecular weight excluding hydrogens is 601 g/mol. The van der Waals surface area contributed by atoms with E-state index in [9.17, 15) is 18.0 Å². The molecule has 1 aliphatic heterocycles. The zero-order valence-corrected chi connectivity index (χ0v) is 25.9. The van der Waals surface area contributed by atoms with Gasteiger partial charge >= 0.3 is 12.4 Å². The molecule has 6 rings (SSSR count). The van der Waals surface area contributed by atoms with Gasteiger partial charge in [-0.2, -0.15) is 4.99 Å². The van der Waals surface area contributed by atoms with E-state index in [0.717, 1.165) is 39.7 Å². The third-order valence-corrected chi connectivity index (χ3v) is 8.97. The Morgan fingerprint density at radius 2 is 1.82 bits per heavy atom. The Labute approximate surface area is 263 Å². The molecule has 0 radical (unpaired) electrons. The van der Waals surface area contributed by atoms with Crippen LogP contribution in [0.3, 0.4) is 0 Å². The van der Waals surface area contributed by atoms with Gasteiger partial charge in [0.1, 0.15) is 12.1 Å². The molecule has 2 heterocycles. The summed E-state index contributed by atoms with van der Waals surface area (Å²) in [6.07, 6.45) is -0.875. The molecule has 45 heavy (non-hydrogen) atoms. The quantitative estimate of drug-likeness (QED) is 0.236. The first-order valence-corrected chi connectivity index (χ1v) is 15.8. The first-order chi connectivity index (χ1) is 21.5. The zero-order valence-electron chi connectivity index (χ0n) is 25.1. The Bertz CT molecular complexity index is 1720. The topological polar surface area (TPSA) is 84.6 Å². The van der Waals surface area contributed by atoms with Crippen LogP contribution in [0.15, 0.2) is 78.0 Å². The number of amidine groups is 1. The van der Waals surface area contributed by atoms with Crippen molar-refractivity contribution >= 4 is 28.6 Å². The molecule has 0 spiro atoms. The molecule has 1 aromatic heterocycles. The van der Waals surface area contributed by atoms with Gasteiger partial charge in [0.2, 0.25) is 0 Å². The highest BCUT2D eigenvalue weighted by Gasteiger charge is 2.31. The number of thioether (sulfide) groups is 1. The lowest BCUT2D eigenvalue weighted by Gasteiger charge is -2.37. The Kier molecular flexibility index (Phi) is 8.59. The van der Waals surface area contributed by atoms with E-state index in [2.05, 4.69) is 62.9 Å². The summed E-state index contributed by atoms with van der Waals surface area (Å²) in [4.78, 5) is 24.4. The van der Waals surface area contributed by atoms with Crippen molar-refractivity contribution < 1.29 is 22.7 Å². The summed E-state index contributed by atoms with van der Waals surface area (Å²) in [6, 6.07) is 19.5. The molecule has 8 nitrogen and oxygen atoms in total. The largest absolute Gasteiger partial charge is 0.573 e. The molecule has 4 aromatic rings. The zero-order chi connectivity index (χ0) is 31.7. The standard InChI is InChI=1S/C33H33F3N6O2S/c1-20(2)28-6-4-5-7-29(28)42-21(3)14-15-45-32(42)39-31(43)38-25-17-22-8-9-23(16-24(22)18-25)30-37-19-41(40-30)26-10-12-27(13-11-26)44-33(34,35)36/h4-13,16,19-21,25H,14-15,17-18H2,1-3H3,(H,38,43). The number of aliphatic imine (C=N–C) groups is 1. The SMILES string of the molecule is CC(C)c1ccccc1N1C(=NC(=O)NC2Cc3ccc(-c4ncn(-c5ccc(OC(F)(F)F)cc5)n4)cc3C2)SCCC1C. The van der Waals surface area contributed by atoms with Crippen molar-refractivity contribution in [2.75, 3.05) is 10.7 Å². The van der Waals surface area contributed by atoms with Crippen molar-refractivity contribution in [2.24, 2.45) is 4.99 Å². The summed E-state index contributed by atoms with van der Waals surface area (Å²) < 4.78 is 42.9. The van der Waals surface area contributed by atoms with Crippen LogP contribution >= 0.6 is 11.8 Å². The maximum absolute atomic E-state index is 13.2. The molecule has 1 aliphatic carbocycles. The third kappa shape index (κ3) is 7.00. The van der Waals surface area contributed by atoms with Gasteiger partial charge < -0.3 is 15.0 Å². The van der Waals surface area contributed by atoms with Gasteiger partial charge in [-0.1, -0.05) is 55.9 Å². The number of nitrogens with one attached hydrogen (secondary N) is 1. The van der Waals surface area contributed by atoms with E-state index >= 15 is 0 Å². The summed E-state index contributed by atoms with van der Waals surface area (Å²) in [5, 5.41) is 8.36. The second-order valence-corrected chi connectivity index (χ2v) is 12.6. The van der Waals surface area contributed by atoms with Crippen molar-refractivity contribution in [3.8, 4) is 22.8 Å². The number of aromatic nitrogens is 3. The number of alkyl halides is 3. The van der Waals surface area contributed by atoms with Crippen LogP contribution in [0, 0.1) is 0 Å². The lowest BCUT2D eigenvalue weighted by Crippen LogP contribution is -2.43. The number of urea groups is 1. The highest BCUT2D eigenvalue weighted by molar-refractivity contribution is 8.14. The number of anilines is 1. The van der Waals surface area contributed by atoms with Gasteiger partial charge in [-0.25, -0.2) is 14.5 Å². The number of halogens is 3. The van der Waals surface area contributed by atoms with Crippen molar-refractivity contribution in [3.63, 3.8) is 0 Å². The monoisotopic (exact) mass is 634 g/mol. The van der Waals surface area contributed by atoms with Gasteiger partial charge in [-0.3, -0.25) is 0 Å². The van der Waals surface area contributed by atoms with Crippen LogP contribution in [0.4, 0.5) is 23.7 Å². The molecular formula is C33H33F3N6O2S. The van der Waals surface area contributed by atoms with Gasteiger partial charge in [-0.15, -0.1) is 18.3 Å². The number of rotatable bonds is 6. The molecule has 12 heteroatoms. The fourth-order valence-corrected chi connectivity index (χ4v) is 7.01. The number of para-hydroxylation sites is 1. The molecule has 0 saturated carbocycles.